The van der Waals surface area contributed by atoms with E-state index in [1.807, 2.05) is 19.3 Å². The Kier molecular flexibility index (Phi) is 3.85. The van der Waals surface area contributed by atoms with Crippen LogP contribution in [0.5, 0.6) is 0 Å². The molecule has 23 heavy (non-hydrogen) atoms. The number of piperazine rings is 1. The highest BCUT2D eigenvalue weighted by molar-refractivity contribution is 5.81. The van der Waals surface area contributed by atoms with Crippen molar-refractivity contribution < 1.29 is 4.42 Å². The van der Waals surface area contributed by atoms with Crippen molar-refractivity contribution in [3.8, 4) is 0 Å². The van der Waals surface area contributed by atoms with E-state index in [1.165, 1.54) is 16.5 Å². The minimum Gasteiger partial charge on any atom is -0.461 e. The average molecular weight is 307 g/mol. The molecule has 0 aliphatic carbocycles. The highest BCUT2D eigenvalue weighted by Crippen LogP contribution is 2.28. The van der Waals surface area contributed by atoms with E-state index < -0.39 is 0 Å². The molecular formula is C19H21N3O. The van der Waals surface area contributed by atoms with Crippen LogP contribution in [0, 0.1) is 6.92 Å². The first-order chi connectivity index (χ1) is 11.3. The van der Waals surface area contributed by atoms with Gasteiger partial charge in [0, 0.05) is 55.6 Å². The van der Waals surface area contributed by atoms with Crippen LogP contribution in [-0.4, -0.2) is 29.5 Å². The van der Waals surface area contributed by atoms with Crippen LogP contribution in [0.15, 0.2) is 53.2 Å². The van der Waals surface area contributed by atoms with Gasteiger partial charge in [-0.3, -0.25) is 9.88 Å². The van der Waals surface area contributed by atoms with Gasteiger partial charge in [-0.2, -0.15) is 0 Å². The van der Waals surface area contributed by atoms with Crippen LogP contribution in [-0.2, 0) is 6.54 Å². The first-order valence-electron chi connectivity index (χ1n) is 8.14. The highest BCUT2D eigenvalue weighted by atomic mass is 16.3. The normalized spacial score (nSPS) is 19.3. The molecule has 3 heterocycles. The van der Waals surface area contributed by atoms with E-state index in [-0.39, 0.29) is 0 Å². The number of nitrogens with zero attached hydrogens (tertiary/aromatic N) is 2. The molecule has 118 valence electrons. The van der Waals surface area contributed by atoms with Crippen LogP contribution in [0.4, 0.5) is 0 Å². The number of hydrogen-bond donors (Lipinski definition) is 1. The zero-order chi connectivity index (χ0) is 15.6. The molecular weight excluding hydrogens is 286 g/mol. The van der Waals surface area contributed by atoms with Gasteiger partial charge in [-0.25, -0.2) is 0 Å². The van der Waals surface area contributed by atoms with Crippen molar-refractivity contribution in [2.75, 3.05) is 19.6 Å². The van der Waals surface area contributed by atoms with Gasteiger partial charge < -0.3 is 9.73 Å². The molecule has 1 atom stereocenters. The second kappa shape index (κ2) is 6.14. The van der Waals surface area contributed by atoms with Crippen molar-refractivity contribution in [2.45, 2.75) is 19.5 Å². The van der Waals surface area contributed by atoms with Gasteiger partial charge in [-0.1, -0.05) is 18.2 Å². The lowest BCUT2D eigenvalue weighted by Crippen LogP contribution is -2.45. The van der Waals surface area contributed by atoms with Crippen molar-refractivity contribution in [3.63, 3.8) is 0 Å². The third-order valence-electron chi connectivity index (χ3n) is 4.57. The fourth-order valence-electron chi connectivity index (χ4n) is 3.45. The van der Waals surface area contributed by atoms with Gasteiger partial charge in [0.1, 0.15) is 11.3 Å². The molecule has 4 rings (SSSR count). The first kappa shape index (κ1) is 14.4. The maximum Gasteiger partial charge on any atom is 0.138 e. The summed E-state index contributed by atoms with van der Waals surface area (Å²) in [7, 11) is 0. The van der Waals surface area contributed by atoms with Gasteiger partial charge in [-0.05, 0) is 30.7 Å². The average Bonchev–Trinajstić information content (AvgIpc) is 2.98. The van der Waals surface area contributed by atoms with E-state index in [0.717, 1.165) is 37.5 Å². The van der Waals surface area contributed by atoms with E-state index in [4.69, 9.17) is 4.42 Å². The topological polar surface area (TPSA) is 41.3 Å². The molecule has 0 radical (unpaired) electrons. The molecule has 0 spiro atoms. The van der Waals surface area contributed by atoms with Crippen molar-refractivity contribution in [2.24, 2.45) is 0 Å². The Morgan fingerprint density at radius 2 is 2.13 bits per heavy atom. The number of pyridine rings is 1. The standard InChI is InChI=1S/C19H21N3O/c1-14-11-16-3-2-4-17(19(16)23-14)13-22-10-9-21-12-18(22)15-5-7-20-8-6-15/h2-8,11,18,21H,9-10,12-13H2,1H3. The lowest BCUT2D eigenvalue weighted by Gasteiger charge is -2.36. The summed E-state index contributed by atoms with van der Waals surface area (Å²) in [6.07, 6.45) is 3.75. The van der Waals surface area contributed by atoms with Crippen LogP contribution in [0.3, 0.4) is 0 Å². The molecule has 1 saturated heterocycles. The zero-order valence-corrected chi connectivity index (χ0v) is 13.3. The molecule has 1 N–H and O–H groups in total. The number of rotatable bonds is 3. The summed E-state index contributed by atoms with van der Waals surface area (Å²) >= 11 is 0. The molecule has 1 aliphatic rings. The minimum absolute atomic E-state index is 0.373. The van der Waals surface area contributed by atoms with Crippen LogP contribution >= 0.6 is 0 Å². The van der Waals surface area contributed by atoms with Gasteiger partial charge in [0.05, 0.1) is 0 Å². The Balaban J connectivity index is 1.65. The van der Waals surface area contributed by atoms with Crippen LogP contribution in [0.1, 0.15) is 22.9 Å². The van der Waals surface area contributed by atoms with E-state index in [9.17, 15) is 0 Å². The van der Waals surface area contributed by atoms with Crippen LogP contribution in [0.25, 0.3) is 11.0 Å². The summed E-state index contributed by atoms with van der Waals surface area (Å²) in [6, 6.07) is 13.1. The van der Waals surface area contributed by atoms with Gasteiger partial charge >= 0.3 is 0 Å². The molecule has 1 aromatic carbocycles. The summed E-state index contributed by atoms with van der Waals surface area (Å²) in [4.78, 5) is 6.67. The fraction of sp³-hybridized carbons (Fsp3) is 0.316. The lowest BCUT2D eigenvalue weighted by atomic mass is 10.0. The molecule has 0 amide bonds. The van der Waals surface area contributed by atoms with Gasteiger partial charge in [0.25, 0.3) is 0 Å². The molecule has 1 aliphatic heterocycles. The number of para-hydroxylation sites is 1. The van der Waals surface area contributed by atoms with Crippen molar-refractivity contribution in [3.05, 3.63) is 65.7 Å². The fourth-order valence-corrected chi connectivity index (χ4v) is 3.45. The number of benzene rings is 1. The second-order valence-corrected chi connectivity index (χ2v) is 6.16. The Labute approximate surface area is 136 Å². The van der Waals surface area contributed by atoms with Crippen molar-refractivity contribution >= 4 is 11.0 Å². The molecule has 4 nitrogen and oxygen atoms in total. The number of aryl methyl sites for hydroxylation is 1. The second-order valence-electron chi connectivity index (χ2n) is 6.16. The van der Waals surface area contributed by atoms with E-state index in [2.05, 4.69) is 51.6 Å². The van der Waals surface area contributed by atoms with Crippen LogP contribution in [0.2, 0.25) is 0 Å². The Hall–Kier alpha value is -2.17. The molecule has 1 fully saturated rings. The third-order valence-corrected chi connectivity index (χ3v) is 4.57. The molecule has 3 aromatic rings. The predicted octanol–water partition coefficient (Wildman–Crippen LogP) is 3.28. The summed E-state index contributed by atoms with van der Waals surface area (Å²) in [5, 5.41) is 4.70. The van der Waals surface area contributed by atoms with Crippen LogP contribution < -0.4 is 5.32 Å². The smallest absolute Gasteiger partial charge is 0.138 e. The molecule has 4 heteroatoms. The Bertz CT molecular complexity index is 797. The summed E-state index contributed by atoms with van der Waals surface area (Å²) in [6.45, 7) is 5.93. The summed E-state index contributed by atoms with van der Waals surface area (Å²) in [5.74, 6) is 0.971. The molecule has 1 unspecified atom stereocenters. The Morgan fingerprint density at radius 3 is 3.00 bits per heavy atom. The van der Waals surface area contributed by atoms with Gasteiger partial charge in [-0.15, -0.1) is 0 Å². The SMILES string of the molecule is Cc1cc2cccc(CN3CCNCC3c3ccncc3)c2o1. The van der Waals surface area contributed by atoms with Crippen molar-refractivity contribution in [1.29, 1.82) is 0 Å². The lowest BCUT2D eigenvalue weighted by molar-refractivity contribution is 0.154. The molecule has 2 aromatic heterocycles. The largest absolute Gasteiger partial charge is 0.461 e. The van der Waals surface area contributed by atoms with Gasteiger partial charge in [0.2, 0.25) is 0 Å². The number of furan rings is 1. The summed E-state index contributed by atoms with van der Waals surface area (Å²) < 4.78 is 5.93. The van der Waals surface area contributed by atoms with E-state index in [0.29, 0.717) is 6.04 Å². The minimum atomic E-state index is 0.373. The number of fused-ring (bicyclic) bond motifs is 1. The zero-order valence-electron chi connectivity index (χ0n) is 13.3. The third kappa shape index (κ3) is 2.87. The Morgan fingerprint density at radius 1 is 1.26 bits per heavy atom. The number of nitrogens with one attached hydrogen (secondary N) is 1. The highest BCUT2D eigenvalue weighted by Gasteiger charge is 2.24. The monoisotopic (exact) mass is 307 g/mol. The maximum absolute atomic E-state index is 5.93. The van der Waals surface area contributed by atoms with E-state index in [1.54, 1.807) is 0 Å². The first-order valence-corrected chi connectivity index (χ1v) is 8.14. The quantitative estimate of drug-likeness (QED) is 0.806. The number of hydrogen-bond acceptors (Lipinski definition) is 4. The van der Waals surface area contributed by atoms with E-state index >= 15 is 0 Å². The van der Waals surface area contributed by atoms with Gasteiger partial charge in [0.15, 0.2) is 0 Å². The molecule has 0 bridgehead atoms. The predicted molar refractivity (Wildman–Crippen MR) is 91.2 cm³/mol. The maximum atomic E-state index is 5.93. The molecule has 0 saturated carbocycles. The summed E-state index contributed by atoms with van der Waals surface area (Å²) in [5.41, 5.74) is 3.60. The van der Waals surface area contributed by atoms with Crippen molar-refractivity contribution in [1.82, 2.24) is 15.2 Å². The number of aromatic nitrogens is 1.